The topological polar surface area (TPSA) is 73.4 Å². The molecule has 7 heteroatoms. The largest absolute Gasteiger partial charge is 0.481 e. The molecule has 0 aromatic carbocycles. The summed E-state index contributed by atoms with van der Waals surface area (Å²) in [6.07, 6.45) is 1.86. The van der Waals surface area contributed by atoms with Gasteiger partial charge in [-0.3, -0.25) is 4.79 Å². The van der Waals surface area contributed by atoms with Gasteiger partial charge in [-0.25, -0.2) is 4.68 Å². The van der Waals surface area contributed by atoms with Gasteiger partial charge in [0.2, 0.25) is 5.88 Å². The van der Waals surface area contributed by atoms with Crippen LogP contribution in [-0.4, -0.2) is 39.4 Å². The van der Waals surface area contributed by atoms with Crippen LogP contribution in [0.4, 0.5) is 0 Å². The van der Waals surface area contributed by atoms with E-state index in [1.54, 1.807) is 25.6 Å². The number of methoxy groups -OCH3 is 1. The lowest BCUT2D eigenvalue weighted by molar-refractivity contribution is 0.0731. The highest BCUT2D eigenvalue weighted by atomic mass is 16.5. The molecule has 1 fully saturated rings. The van der Waals surface area contributed by atoms with E-state index in [0.29, 0.717) is 29.4 Å². The Labute approximate surface area is 135 Å². The van der Waals surface area contributed by atoms with E-state index in [1.165, 1.54) is 0 Å². The number of carbonyl (C=O) groups excluding carboxylic acids is 1. The summed E-state index contributed by atoms with van der Waals surface area (Å²) in [5, 5.41) is 8.34. The Morgan fingerprint density at radius 2 is 2.04 bits per heavy atom. The number of ether oxygens (including phenoxy) is 1. The Balaban J connectivity index is 2.00. The maximum Gasteiger partial charge on any atom is 0.259 e. The molecule has 1 amide bonds. The van der Waals surface area contributed by atoms with E-state index in [1.807, 2.05) is 18.9 Å². The van der Waals surface area contributed by atoms with E-state index in [0.717, 1.165) is 24.1 Å². The first-order chi connectivity index (χ1) is 11.0. The molecule has 1 aliphatic rings. The number of hydrogen-bond acceptors (Lipinski definition) is 5. The van der Waals surface area contributed by atoms with Crippen LogP contribution in [0.3, 0.4) is 0 Å². The van der Waals surface area contributed by atoms with Crippen molar-refractivity contribution in [3.8, 4) is 5.88 Å². The molecule has 1 saturated heterocycles. The van der Waals surface area contributed by atoms with Gasteiger partial charge in [-0.15, -0.1) is 0 Å². The molecule has 0 spiro atoms. The molecule has 0 N–H and O–H groups in total. The van der Waals surface area contributed by atoms with Crippen LogP contribution in [0.15, 0.2) is 4.52 Å². The first kappa shape index (κ1) is 15.6. The van der Waals surface area contributed by atoms with Gasteiger partial charge in [0.25, 0.3) is 5.91 Å². The van der Waals surface area contributed by atoms with Crippen LogP contribution < -0.4 is 4.74 Å². The Bertz CT molecular complexity index is 727. The lowest BCUT2D eigenvalue weighted by atomic mass is 10.0. The Morgan fingerprint density at radius 3 is 2.65 bits per heavy atom. The van der Waals surface area contributed by atoms with Crippen LogP contribution in [0.5, 0.6) is 5.88 Å². The number of hydrogen-bond donors (Lipinski definition) is 0. The predicted octanol–water partition coefficient (Wildman–Crippen LogP) is 2.32. The van der Waals surface area contributed by atoms with Crippen LogP contribution in [0.2, 0.25) is 0 Å². The fourth-order valence-corrected chi connectivity index (χ4v) is 3.52. The number of carbonyl (C=O) groups is 1. The minimum atomic E-state index is -0.0333. The van der Waals surface area contributed by atoms with Crippen LogP contribution in [-0.2, 0) is 7.05 Å². The SMILES string of the molecule is COc1c([C@H]2CCCN2C(=O)c2c(C)noc2C)c(C)nn1C. The molecule has 23 heavy (non-hydrogen) atoms. The molecule has 3 heterocycles. The fraction of sp³-hybridized carbons (Fsp3) is 0.562. The van der Waals surface area contributed by atoms with Gasteiger partial charge < -0.3 is 14.2 Å². The van der Waals surface area contributed by atoms with Gasteiger partial charge in [0.15, 0.2) is 0 Å². The van der Waals surface area contributed by atoms with E-state index >= 15 is 0 Å². The monoisotopic (exact) mass is 318 g/mol. The number of rotatable bonds is 3. The average molecular weight is 318 g/mol. The first-order valence-corrected chi connectivity index (χ1v) is 7.77. The second kappa shape index (κ2) is 5.72. The van der Waals surface area contributed by atoms with E-state index in [2.05, 4.69) is 10.3 Å². The summed E-state index contributed by atoms with van der Waals surface area (Å²) < 4.78 is 12.4. The number of aryl methyl sites for hydroxylation is 4. The van der Waals surface area contributed by atoms with Crippen molar-refractivity contribution in [3.63, 3.8) is 0 Å². The highest BCUT2D eigenvalue weighted by Gasteiger charge is 2.37. The second-order valence-electron chi connectivity index (χ2n) is 5.99. The summed E-state index contributed by atoms with van der Waals surface area (Å²) in [6, 6.07) is -0.0279. The van der Waals surface area contributed by atoms with Crippen molar-refractivity contribution >= 4 is 5.91 Å². The van der Waals surface area contributed by atoms with Crippen molar-refractivity contribution in [1.29, 1.82) is 0 Å². The van der Waals surface area contributed by atoms with Crippen LogP contribution >= 0.6 is 0 Å². The van der Waals surface area contributed by atoms with Crippen molar-refractivity contribution in [3.05, 3.63) is 28.3 Å². The van der Waals surface area contributed by atoms with Gasteiger partial charge in [0.05, 0.1) is 30.1 Å². The minimum Gasteiger partial charge on any atom is -0.481 e. The van der Waals surface area contributed by atoms with Gasteiger partial charge in [0.1, 0.15) is 11.3 Å². The summed E-state index contributed by atoms with van der Waals surface area (Å²) >= 11 is 0. The van der Waals surface area contributed by atoms with E-state index in [9.17, 15) is 4.79 Å². The van der Waals surface area contributed by atoms with Gasteiger partial charge in [-0.2, -0.15) is 5.10 Å². The Hall–Kier alpha value is -2.31. The van der Waals surface area contributed by atoms with E-state index in [4.69, 9.17) is 9.26 Å². The molecule has 2 aromatic rings. The zero-order valence-corrected chi connectivity index (χ0v) is 14.2. The van der Waals surface area contributed by atoms with E-state index in [-0.39, 0.29) is 11.9 Å². The van der Waals surface area contributed by atoms with Crippen molar-refractivity contribution < 1.29 is 14.1 Å². The van der Waals surface area contributed by atoms with Crippen LogP contribution in [0.25, 0.3) is 0 Å². The highest BCUT2D eigenvalue weighted by Crippen LogP contribution is 2.39. The normalized spacial score (nSPS) is 17.8. The average Bonchev–Trinajstić information content (AvgIpc) is 3.16. The van der Waals surface area contributed by atoms with E-state index < -0.39 is 0 Å². The molecule has 1 atom stereocenters. The molecule has 2 aromatic heterocycles. The Kier molecular flexibility index (Phi) is 3.87. The third-order valence-corrected chi connectivity index (χ3v) is 4.50. The fourth-order valence-electron chi connectivity index (χ4n) is 3.52. The summed E-state index contributed by atoms with van der Waals surface area (Å²) in [6.45, 7) is 6.23. The number of likely N-dealkylation sites (tertiary alicyclic amines) is 1. The van der Waals surface area contributed by atoms with Crippen molar-refractivity contribution in [2.24, 2.45) is 7.05 Å². The number of amides is 1. The molecule has 0 saturated carbocycles. The second-order valence-corrected chi connectivity index (χ2v) is 5.99. The lowest BCUT2D eigenvalue weighted by Gasteiger charge is -2.25. The molecule has 0 bridgehead atoms. The summed E-state index contributed by atoms with van der Waals surface area (Å²) in [5.41, 5.74) is 3.09. The van der Waals surface area contributed by atoms with Gasteiger partial charge in [0, 0.05) is 13.6 Å². The zero-order valence-electron chi connectivity index (χ0n) is 14.2. The first-order valence-electron chi connectivity index (χ1n) is 7.77. The molecule has 1 aliphatic heterocycles. The smallest absolute Gasteiger partial charge is 0.259 e. The molecule has 3 rings (SSSR count). The van der Waals surface area contributed by atoms with Crippen LogP contribution in [0.1, 0.15) is 52.0 Å². The van der Waals surface area contributed by atoms with Gasteiger partial charge in [-0.05, 0) is 33.6 Å². The standard InChI is InChI=1S/C16H22N4O3/c1-9-14(16(22-5)19(4)17-9)12-7-6-8-20(12)15(21)13-10(2)18-23-11(13)3/h12H,6-8H2,1-5H3/t12-/m1/s1. The summed E-state index contributed by atoms with van der Waals surface area (Å²) in [5.74, 6) is 1.24. The van der Waals surface area contributed by atoms with Gasteiger partial charge in [-0.1, -0.05) is 5.16 Å². The number of aromatic nitrogens is 3. The molecule has 0 unspecified atom stereocenters. The summed E-state index contributed by atoms with van der Waals surface area (Å²) in [7, 11) is 3.49. The number of nitrogens with zero attached hydrogens (tertiary/aromatic N) is 4. The molecule has 0 radical (unpaired) electrons. The van der Waals surface area contributed by atoms with Crippen molar-refractivity contribution in [2.75, 3.05) is 13.7 Å². The maximum absolute atomic E-state index is 13.0. The third-order valence-electron chi connectivity index (χ3n) is 4.50. The maximum atomic E-state index is 13.0. The molecular weight excluding hydrogens is 296 g/mol. The highest BCUT2D eigenvalue weighted by molar-refractivity contribution is 5.96. The third kappa shape index (κ3) is 2.40. The van der Waals surface area contributed by atoms with Crippen molar-refractivity contribution in [2.45, 2.75) is 39.7 Å². The molecule has 7 nitrogen and oxygen atoms in total. The minimum absolute atomic E-state index is 0.0279. The van der Waals surface area contributed by atoms with Gasteiger partial charge >= 0.3 is 0 Å². The zero-order chi connectivity index (χ0) is 16.7. The molecular formula is C16H22N4O3. The van der Waals surface area contributed by atoms with Crippen LogP contribution in [0, 0.1) is 20.8 Å². The molecule has 124 valence electrons. The Morgan fingerprint density at radius 1 is 1.30 bits per heavy atom. The predicted molar refractivity (Wildman–Crippen MR) is 83.5 cm³/mol. The molecule has 0 aliphatic carbocycles. The van der Waals surface area contributed by atoms with Crippen molar-refractivity contribution in [1.82, 2.24) is 19.8 Å². The summed E-state index contributed by atoms with van der Waals surface area (Å²) in [4.78, 5) is 14.9. The lowest BCUT2D eigenvalue weighted by Crippen LogP contribution is -2.31. The quantitative estimate of drug-likeness (QED) is 0.868.